The number of carbonyl (C=O) groups is 1. The number of carbonyl (C=O) groups excluding carboxylic acids is 1. The second kappa shape index (κ2) is 9.29. The highest BCUT2D eigenvalue weighted by atomic mass is 16.6. The first-order chi connectivity index (χ1) is 15.0. The van der Waals surface area contributed by atoms with E-state index in [-0.39, 0.29) is 11.6 Å². The van der Waals surface area contributed by atoms with Gasteiger partial charge in [0, 0.05) is 11.1 Å². The molecule has 0 radical (unpaired) electrons. The van der Waals surface area contributed by atoms with Crippen molar-refractivity contribution >= 4 is 17.9 Å². The maximum atomic E-state index is 12.5. The van der Waals surface area contributed by atoms with Crippen LogP contribution in [0.15, 0.2) is 35.0 Å². The maximum absolute atomic E-state index is 12.5. The molecular weight excluding hydrogens is 406 g/mol. The Balaban J connectivity index is 2.06. The van der Waals surface area contributed by atoms with E-state index < -0.39 is 5.97 Å². The summed E-state index contributed by atoms with van der Waals surface area (Å²) in [6.07, 6.45) is 1.55. The molecule has 0 spiro atoms. The van der Waals surface area contributed by atoms with E-state index in [0.717, 1.165) is 0 Å². The number of methoxy groups -OCH3 is 6. The lowest BCUT2D eigenvalue weighted by Gasteiger charge is -2.14. The minimum atomic E-state index is -0.611. The predicted octanol–water partition coefficient (Wildman–Crippen LogP) is 3.08. The fraction of sp³-hybridized carbons (Fsp3) is 0.273. The second-order valence-corrected chi connectivity index (χ2v) is 6.17. The zero-order valence-electron chi connectivity index (χ0n) is 18.1. The van der Waals surface area contributed by atoms with Crippen molar-refractivity contribution in [2.45, 2.75) is 0 Å². The number of hydrogen-bond acceptors (Lipinski definition) is 9. The number of aliphatic imine (C=N–C) groups is 1. The van der Waals surface area contributed by atoms with Crippen molar-refractivity contribution in [2.75, 3.05) is 42.7 Å². The highest BCUT2D eigenvalue weighted by molar-refractivity contribution is 6.13. The molecule has 1 aliphatic rings. The van der Waals surface area contributed by atoms with E-state index in [1.807, 2.05) is 0 Å². The Morgan fingerprint density at radius 1 is 0.742 bits per heavy atom. The normalized spacial score (nSPS) is 14.1. The van der Waals surface area contributed by atoms with Gasteiger partial charge in [0.15, 0.2) is 28.7 Å². The first kappa shape index (κ1) is 21.8. The molecule has 0 saturated heterocycles. The molecule has 0 atom stereocenters. The monoisotopic (exact) mass is 429 g/mol. The maximum Gasteiger partial charge on any atom is 0.363 e. The van der Waals surface area contributed by atoms with Gasteiger partial charge in [-0.05, 0) is 30.3 Å². The van der Waals surface area contributed by atoms with E-state index in [4.69, 9.17) is 33.2 Å². The van der Waals surface area contributed by atoms with Crippen LogP contribution in [0.5, 0.6) is 34.5 Å². The molecule has 0 N–H and O–H groups in total. The summed E-state index contributed by atoms with van der Waals surface area (Å²) in [5.41, 5.74) is 1.15. The predicted molar refractivity (Wildman–Crippen MR) is 113 cm³/mol. The summed E-state index contributed by atoms with van der Waals surface area (Å²) in [4.78, 5) is 16.8. The Bertz CT molecular complexity index is 1030. The Kier molecular flexibility index (Phi) is 6.54. The fourth-order valence-electron chi connectivity index (χ4n) is 3.12. The van der Waals surface area contributed by atoms with E-state index in [1.165, 1.54) is 42.7 Å². The van der Waals surface area contributed by atoms with E-state index in [1.54, 1.807) is 30.3 Å². The molecule has 9 nitrogen and oxygen atoms in total. The van der Waals surface area contributed by atoms with Crippen molar-refractivity contribution in [2.24, 2.45) is 4.99 Å². The van der Waals surface area contributed by atoms with Crippen LogP contribution >= 0.6 is 0 Å². The van der Waals surface area contributed by atoms with Gasteiger partial charge in [-0.25, -0.2) is 9.79 Å². The summed E-state index contributed by atoms with van der Waals surface area (Å²) in [5, 5.41) is 0. The van der Waals surface area contributed by atoms with E-state index in [9.17, 15) is 4.79 Å². The summed E-state index contributed by atoms with van der Waals surface area (Å²) in [5.74, 6) is 2.04. The lowest BCUT2D eigenvalue weighted by Crippen LogP contribution is -2.07. The molecular formula is C22H23NO8. The first-order valence-corrected chi connectivity index (χ1v) is 9.13. The average molecular weight is 429 g/mol. The van der Waals surface area contributed by atoms with Gasteiger partial charge in [-0.2, -0.15) is 0 Å². The molecule has 164 valence electrons. The molecule has 1 heterocycles. The highest BCUT2D eigenvalue weighted by Crippen LogP contribution is 2.41. The summed E-state index contributed by atoms with van der Waals surface area (Å²) in [6.45, 7) is 0. The average Bonchev–Trinajstić information content (AvgIpc) is 3.17. The minimum absolute atomic E-state index is 0.0919. The molecule has 31 heavy (non-hydrogen) atoms. The van der Waals surface area contributed by atoms with Crippen LogP contribution in [-0.2, 0) is 9.53 Å². The van der Waals surface area contributed by atoms with Gasteiger partial charge in [0.05, 0.1) is 42.7 Å². The molecule has 9 heteroatoms. The molecule has 0 aliphatic carbocycles. The number of nitrogens with zero attached hydrogens (tertiary/aromatic N) is 1. The Hall–Kier alpha value is -3.88. The van der Waals surface area contributed by atoms with Gasteiger partial charge in [-0.15, -0.1) is 0 Å². The summed E-state index contributed by atoms with van der Waals surface area (Å²) in [7, 11) is 9.03. The van der Waals surface area contributed by atoms with E-state index in [2.05, 4.69) is 4.99 Å². The van der Waals surface area contributed by atoms with Crippen LogP contribution in [0.4, 0.5) is 0 Å². The van der Waals surface area contributed by atoms with Crippen molar-refractivity contribution < 1.29 is 38.0 Å². The SMILES string of the molecule is COc1cc(C2=NC(=Cc3ccc(OC)c(OC)c3OC)C(=O)O2)cc(OC)c1OC. The topological polar surface area (TPSA) is 94.0 Å². The van der Waals surface area contributed by atoms with Gasteiger partial charge in [0.25, 0.3) is 0 Å². The standard InChI is InChI=1S/C22H23NO8/c1-25-15-8-7-12(18(28-4)20(15)30-6)9-14-22(24)31-21(23-14)13-10-16(26-2)19(29-5)17(11-13)27-3/h7-11H,1-6H3. The van der Waals surface area contributed by atoms with Gasteiger partial charge in [-0.3, -0.25) is 0 Å². The van der Waals surface area contributed by atoms with Crippen LogP contribution in [0.1, 0.15) is 11.1 Å². The smallest absolute Gasteiger partial charge is 0.363 e. The molecule has 0 aromatic heterocycles. The van der Waals surface area contributed by atoms with Gasteiger partial charge in [0.2, 0.25) is 17.4 Å². The van der Waals surface area contributed by atoms with Crippen molar-refractivity contribution in [1.29, 1.82) is 0 Å². The fourth-order valence-corrected chi connectivity index (χ4v) is 3.12. The number of rotatable bonds is 8. The number of ether oxygens (including phenoxy) is 7. The zero-order chi connectivity index (χ0) is 22.5. The molecule has 0 fully saturated rings. The van der Waals surface area contributed by atoms with Crippen LogP contribution in [0, 0.1) is 0 Å². The lowest BCUT2D eigenvalue weighted by atomic mass is 10.1. The van der Waals surface area contributed by atoms with Gasteiger partial charge in [-0.1, -0.05) is 0 Å². The Labute approximate surface area is 179 Å². The Morgan fingerprint density at radius 3 is 1.84 bits per heavy atom. The number of cyclic esters (lactones) is 1. The number of hydrogen-bond donors (Lipinski definition) is 0. The Morgan fingerprint density at radius 2 is 1.32 bits per heavy atom. The lowest BCUT2D eigenvalue weighted by molar-refractivity contribution is -0.129. The molecule has 2 aromatic carbocycles. The van der Waals surface area contributed by atoms with Crippen LogP contribution in [0.2, 0.25) is 0 Å². The van der Waals surface area contributed by atoms with Gasteiger partial charge in [0.1, 0.15) is 0 Å². The van der Waals surface area contributed by atoms with Crippen molar-refractivity contribution in [1.82, 2.24) is 0 Å². The number of benzene rings is 2. The van der Waals surface area contributed by atoms with Crippen LogP contribution in [-0.4, -0.2) is 54.5 Å². The minimum Gasteiger partial charge on any atom is -0.493 e. The van der Waals surface area contributed by atoms with E-state index in [0.29, 0.717) is 45.6 Å². The molecule has 0 saturated carbocycles. The van der Waals surface area contributed by atoms with Crippen molar-refractivity contribution in [3.63, 3.8) is 0 Å². The van der Waals surface area contributed by atoms with Crippen molar-refractivity contribution in [3.8, 4) is 34.5 Å². The molecule has 2 aromatic rings. The third-order valence-corrected chi connectivity index (χ3v) is 4.56. The van der Waals surface area contributed by atoms with Crippen molar-refractivity contribution in [3.05, 3.63) is 41.1 Å². The van der Waals surface area contributed by atoms with Crippen LogP contribution in [0.25, 0.3) is 6.08 Å². The quantitative estimate of drug-likeness (QED) is 0.467. The molecule has 1 aliphatic heterocycles. The zero-order valence-corrected chi connectivity index (χ0v) is 18.1. The largest absolute Gasteiger partial charge is 0.493 e. The van der Waals surface area contributed by atoms with Gasteiger partial charge >= 0.3 is 5.97 Å². The second-order valence-electron chi connectivity index (χ2n) is 6.17. The summed E-state index contributed by atoms with van der Waals surface area (Å²) >= 11 is 0. The van der Waals surface area contributed by atoms with Gasteiger partial charge < -0.3 is 33.2 Å². The summed E-state index contributed by atoms with van der Waals surface area (Å²) < 4.78 is 37.5. The number of esters is 1. The van der Waals surface area contributed by atoms with Crippen LogP contribution in [0.3, 0.4) is 0 Å². The molecule has 0 amide bonds. The third kappa shape index (κ3) is 4.07. The molecule has 0 bridgehead atoms. The van der Waals surface area contributed by atoms with Crippen LogP contribution < -0.4 is 28.4 Å². The summed E-state index contributed by atoms with van der Waals surface area (Å²) in [6, 6.07) is 6.73. The molecule has 0 unspecified atom stereocenters. The third-order valence-electron chi connectivity index (χ3n) is 4.56. The molecule has 3 rings (SSSR count). The first-order valence-electron chi connectivity index (χ1n) is 9.13. The van der Waals surface area contributed by atoms with E-state index >= 15 is 0 Å². The highest BCUT2D eigenvalue weighted by Gasteiger charge is 2.27.